The summed E-state index contributed by atoms with van der Waals surface area (Å²) in [4.78, 5) is 10.4. The molecule has 2 heterocycles. The van der Waals surface area contributed by atoms with Gasteiger partial charge in [-0.05, 0) is 38.9 Å². The first-order chi connectivity index (χ1) is 8.70. The summed E-state index contributed by atoms with van der Waals surface area (Å²) in [5.41, 5.74) is 3.12. The number of aryl methyl sites for hydroxylation is 2. The quantitative estimate of drug-likeness (QED) is 0.839. The molecule has 0 aromatic carbocycles. The van der Waals surface area contributed by atoms with Gasteiger partial charge < -0.3 is 5.32 Å². The van der Waals surface area contributed by atoms with Crippen LogP contribution in [0.1, 0.15) is 29.6 Å². The van der Waals surface area contributed by atoms with Gasteiger partial charge in [0.1, 0.15) is 5.01 Å². The van der Waals surface area contributed by atoms with E-state index >= 15 is 0 Å². The summed E-state index contributed by atoms with van der Waals surface area (Å²) < 4.78 is 0. The van der Waals surface area contributed by atoms with Gasteiger partial charge in [0, 0.05) is 17.1 Å². The Bertz CT molecular complexity index is 520. The van der Waals surface area contributed by atoms with Crippen molar-refractivity contribution in [3.63, 3.8) is 0 Å². The number of hydrogen-bond donors (Lipinski definition) is 1. The molecule has 0 saturated carbocycles. The van der Waals surface area contributed by atoms with E-state index < -0.39 is 0 Å². The molecule has 0 aliphatic rings. The Morgan fingerprint density at radius 1 is 1.22 bits per heavy atom. The number of hydrogen-bond acceptors (Lipinski definition) is 4. The van der Waals surface area contributed by atoms with Crippen LogP contribution in [-0.2, 0) is 6.54 Å². The lowest BCUT2D eigenvalue weighted by Crippen LogP contribution is -2.13. The monoisotopic (exact) mass is 261 g/mol. The number of pyridine rings is 1. The van der Waals surface area contributed by atoms with E-state index in [4.69, 9.17) is 0 Å². The van der Waals surface area contributed by atoms with Gasteiger partial charge in [-0.25, -0.2) is 4.98 Å². The molecular formula is C14H19N3S. The topological polar surface area (TPSA) is 37.8 Å². The molecule has 0 atom stereocenters. The summed E-state index contributed by atoms with van der Waals surface area (Å²) in [5, 5.41) is 4.44. The van der Waals surface area contributed by atoms with Crippen molar-refractivity contribution in [2.45, 2.75) is 33.7 Å². The van der Waals surface area contributed by atoms with Crippen molar-refractivity contribution in [3.8, 4) is 10.7 Å². The molecule has 2 aromatic rings. The van der Waals surface area contributed by atoms with E-state index in [9.17, 15) is 0 Å². The van der Waals surface area contributed by atoms with E-state index in [-0.39, 0.29) is 0 Å². The Balaban J connectivity index is 2.18. The third kappa shape index (κ3) is 3.15. The lowest BCUT2D eigenvalue weighted by Gasteiger charge is -1.99. The van der Waals surface area contributed by atoms with Crippen molar-refractivity contribution in [2.75, 3.05) is 6.54 Å². The van der Waals surface area contributed by atoms with Gasteiger partial charge in [0.05, 0.1) is 11.4 Å². The van der Waals surface area contributed by atoms with Gasteiger partial charge in [-0.3, -0.25) is 4.98 Å². The molecule has 18 heavy (non-hydrogen) atoms. The standard InChI is InChI=1S/C14H19N3S/c1-4-8-15-9-13-11(3)17-14(18-13)12-7-5-6-10(2)16-12/h5-7,15H,4,8-9H2,1-3H3. The highest BCUT2D eigenvalue weighted by Gasteiger charge is 2.09. The van der Waals surface area contributed by atoms with E-state index in [2.05, 4.69) is 29.1 Å². The number of nitrogens with zero attached hydrogens (tertiary/aromatic N) is 2. The fraction of sp³-hybridized carbons (Fsp3) is 0.429. The molecule has 2 aromatic heterocycles. The Labute approximate surface area is 112 Å². The lowest BCUT2D eigenvalue weighted by molar-refractivity contribution is 0.678. The second-order valence-electron chi connectivity index (χ2n) is 4.37. The van der Waals surface area contributed by atoms with Crippen molar-refractivity contribution in [3.05, 3.63) is 34.5 Å². The fourth-order valence-electron chi connectivity index (χ4n) is 1.74. The molecule has 0 aliphatic heterocycles. The zero-order chi connectivity index (χ0) is 13.0. The molecule has 4 heteroatoms. The van der Waals surface area contributed by atoms with Crippen LogP contribution in [0.2, 0.25) is 0 Å². The van der Waals surface area contributed by atoms with Crippen LogP contribution in [0.15, 0.2) is 18.2 Å². The summed E-state index contributed by atoms with van der Waals surface area (Å²) in [5.74, 6) is 0. The third-order valence-electron chi connectivity index (χ3n) is 2.71. The number of aromatic nitrogens is 2. The predicted octanol–water partition coefficient (Wildman–Crippen LogP) is 3.32. The minimum absolute atomic E-state index is 0.906. The normalized spacial score (nSPS) is 10.8. The van der Waals surface area contributed by atoms with E-state index in [0.717, 1.165) is 41.6 Å². The molecule has 96 valence electrons. The number of rotatable bonds is 5. The van der Waals surface area contributed by atoms with Crippen LogP contribution in [0.3, 0.4) is 0 Å². The minimum atomic E-state index is 0.906. The van der Waals surface area contributed by atoms with E-state index in [1.807, 2.05) is 25.1 Å². The van der Waals surface area contributed by atoms with Crippen molar-refractivity contribution >= 4 is 11.3 Å². The minimum Gasteiger partial charge on any atom is -0.312 e. The Morgan fingerprint density at radius 2 is 2.06 bits per heavy atom. The second-order valence-corrected chi connectivity index (χ2v) is 5.45. The average Bonchev–Trinajstić information content (AvgIpc) is 2.72. The number of nitrogens with one attached hydrogen (secondary N) is 1. The maximum atomic E-state index is 4.62. The molecule has 0 aliphatic carbocycles. The maximum absolute atomic E-state index is 4.62. The van der Waals surface area contributed by atoms with Crippen molar-refractivity contribution in [1.29, 1.82) is 0 Å². The molecule has 1 N–H and O–H groups in total. The largest absolute Gasteiger partial charge is 0.312 e. The van der Waals surface area contributed by atoms with Gasteiger partial charge in [0.25, 0.3) is 0 Å². The molecule has 0 amide bonds. The Hall–Kier alpha value is -1.26. The highest BCUT2D eigenvalue weighted by Crippen LogP contribution is 2.26. The van der Waals surface area contributed by atoms with Gasteiger partial charge in [-0.2, -0.15) is 0 Å². The number of thiazole rings is 1. The molecule has 0 bridgehead atoms. The molecule has 3 nitrogen and oxygen atoms in total. The first kappa shape index (κ1) is 13.2. The summed E-state index contributed by atoms with van der Waals surface area (Å²) in [7, 11) is 0. The highest BCUT2D eigenvalue weighted by molar-refractivity contribution is 7.15. The molecule has 0 spiro atoms. The second kappa shape index (κ2) is 6.07. The molecule has 0 fully saturated rings. The van der Waals surface area contributed by atoms with Crippen LogP contribution in [0.5, 0.6) is 0 Å². The zero-order valence-electron chi connectivity index (χ0n) is 11.2. The Morgan fingerprint density at radius 3 is 2.78 bits per heavy atom. The SMILES string of the molecule is CCCNCc1sc(-c2cccc(C)n2)nc1C. The van der Waals surface area contributed by atoms with Gasteiger partial charge >= 0.3 is 0 Å². The summed E-state index contributed by atoms with van der Waals surface area (Å²) in [6.45, 7) is 8.21. The molecule has 2 rings (SSSR count). The van der Waals surface area contributed by atoms with Crippen molar-refractivity contribution in [1.82, 2.24) is 15.3 Å². The first-order valence-corrected chi connectivity index (χ1v) is 7.13. The lowest BCUT2D eigenvalue weighted by atomic mass is 10.3. The summed E-state index contributed by atoms with van der Waals surface area (Å²) in [6.07, 6.45) is 1.16. The smallest absolute Gasteiger partial charge is 0.142 e. The molecular weight excluding hydrogens is 242 g/mol. The molecule has 0 unspecified atom stereocenters. The van der Waals surface area contributed by atoms with Gasteiger partial charge in [0.15, 0.2) is 0 Å². The van der Waals surface area contributed by atoms with Crippen molar-refractivity contribution in [2.24, 2.45) is 0 Å². The van der Waals surface area contributed by atoms with Crippen molar-refractivity contribution < 1.29 is 0 Å². The molecule has 0 radical (unpaired) electrons. The Kier molecular flexibility index (Phi) is 4.44. The maximum Gasteiger partial charge on any atom is 0.142 e. The highest BCUT2D eigenvalue weighted by atomic mass is 32.1. The van der Waals surface area contributed by atoms with Crippen LogP contribution in [0.25, 0.3) is 10.7 Å². The van der Waals surface area contributed by atoms with Gasteiger partial charge in [-0.15, -0.1) is 11.3 Å². The first-order valence-electron chi connectivity index (χ1n) is 6.31. The van der Waals surface area contributed by atoms with Gasteiger partial charge in [0.2, 0.25) is 0 Å². The summed E-state index contributed by atoms with van der Waals surface area (Å²) >= 11 is 1.74. The molecule has 0 saturated heterocycles. The van der Waals surface area contributed by atoms with Crippen LogP contribution >= 0.6 is 11.3 Å². The van der Waals surface area contributed by atoms with Crippen LogP contribution in [0, 0.1) is 13.8 Å². The third-order valence-corrected chi connectivity index (χ3v) is 3.89. The van der Waals surface area contributed by atoms with E-state index in [1.165, 1.54) is 4.88 Å². The van der Waals surface area contributed by atoms with Gasteiger partial charge in [-0.1, -0.05) is 13.0 Å². The van der Waals surface area contributed by atoms with Crippen LogP contribution in [0.4, 0.5) is 0 Å². The average molecular weight is 261 g/mol. The van der Waals surface area contributed by atoms with E-state index in [0.29, 0.717) is 0 Å². The summed E-state index contributed by atoms with van der Waals surface area (Å²) in [6, 6.07) is 6.06. The fourth-order valence-corrected chi connectivity index (χ4v) is 2.74. The van der Waals surface area contributed by atoms with Crippen LogP contribution in [-0.4, -0.2) is 16.5 Å². The van der Waals surface area contributed by atoms with E-state index in [1.54, 1.807) is 11.3 Å². The zero-order valence-corrected chi connectivity index (χ0v) is 12.0. The predicted molar refractivity (Wildman–Crippen MR) is 76.8 cm³/mol. The van der Waals surface area contributed by atoms with Crippen LogP contribution < -0.4 is 5.32 Å².